The molecule has 96 valence electrons. The Bertz CT molecular complexity index is 518. The van der Waals surface area contributed by atoms with E-state index >= 15 is 0 Å². The van der Waals surface area contributed by atoms with Crippen LogP contribution in [-0.2, 0) is 12.8 Å². The van der Waals surface area contributed by atoms with E-state index in [9.17, 15) is 0 Å². The highest BCUT2D eigenvalue weighted by Gasteiger charge is 2.19. The molecular weight excluding hydrogens is 303 g/mol. The number of hydrogen-bond donors (Lipinski definition) is 0. The van der Waals surface area contributed by atoms with Gasteiger partial charge in [-0.15, -0.1) is 34.3 Å². The smallest absolute Gasteiger partial charge is 0.102 e. The Kier molecular flexibility index (Phi) is 4.00. The van der Waals surface area contributed by atoms with E-state index in [1.165, 1.54) is 42.5 Å². The summed E-state index contributed by atoms with van der Waals surface area (Å²) < 4.78 is 0.814. The van der Waals surface area contributed by atoms with Crippen molar-refractivity contribution in [2.24, 2.45) is 0 Å². The fourth-order valence-electron chi connectivity index (χ4n) is 2.42. The average molecular weight is 317 g/mol. The van der Waals surface area contributed by atoms with Crippen LogP contribution in [-0.4, -0.2) is 0 Å². The summed E-state index contributed by atoms with van der Waals surface area (Å²) >= 11 is 16.0. The summed E-state index contributed by atoms with van der Waals surface area (Å²) in [7, 11) is 0. The topological polar surface area (TPSA) is 0 Å². The lowest BCUT2D eigenvalue weighted by molar-refractivity contribution is 0.712. The van der Waals surface area contributed by atoms with E-state index in [0.717, 1.165) is 9.21 Å². The zero-order valence-corrected chi connectivity index (χ0v) is 13.1. The van der Waals surface area contributed by atoms with Crippen molar-refractivity contribution in [3.05, 3.63) is 42.7 Å². The lowest BCUT2D eigenvalue weighted by atomic mass is 10.1. The van der Waals surface area contributed by atoms with Gasteiger partial charge in [-0.05, 0) is 49.4 Å². The molecule has 0 amide bonds. The molecule has 2 aromatic heterocycles. The van der Waals surface area contributed by atoms with Crippen LogP contribution in [0.25, 0.3) is 0 Å². The third kappa shape index (κ3) is 2.62. The van der Waals surface area contributed by atoms with E-state index in [0.29, 0.717) is 0 Å². The Morgan fingerprint density at radius 2 is 1.83 bits per heavy atom. The third-order valence-electron chi connectivity index (χ3n) is 3.36. The number of hydrogen-bond acceptors (Lipinski definition) is 2. The van der Waals surface area contributed by atoms with Crippen molar-refractivity contribution in [3.63, 3.8) is 0 Å². The number of alkyl halides is 1. The molecule has 1 aliphatic carbocycles. The molecule has 3 rings (SSSR count). The highest BCUT2D eigenvalue weighted by molar-refractivity contribution is 7.17. The standard InChI is InChI=1S/C14H14Cl2S2/c15-13-7-6-11(18-13)14(16)12-8-9-4-2-1-3-5-10(9)17-12/h6-8,14H,1-5H2. The number of halogens is 2. The van der Waals surface area contributed by atoms with Gasteiger partial charge in [-0.2, -0.15) is 0 Å². The summed E-state index contributed by atoms with van der Waals surface area (Å²) in [5.74, 6) is 0. The molecule has 4 heteroatoms. The summed E-state index contributed by atoms with van der Waals surface area (Å²) in [6.07, 6.45) is 6.46. The van der Waals surface area contributed by atoms with E-state index in [1.807, 2.05) is 23.5 Å². The maximum Gasteiger partial charge on any atom is 0.102 e. The molecule has 1 unspecified atom stereocenters. The van der Waals surface area contributed by atoms with Crippen LogP contribution in [0.5, 0.6) is 0 Å². The number of thiophene rings is 2. The minimum absolute atomic E-state index is 0.0283. The maximum atomic E-state index is 6.57. The second-order valence-corrected chi connectivity index (χ2v) is 8.01. The van der Waals surface area contributed by atoms with E-state index in [-0.39, 0.29) is 5.38 Å². The molecule has 1 aliphatic rings. The summed E-state index contributed by atoms with van der Waals surface area (Å²) in [6.45, 7) is 0. The first-order chi connectivity index (χ1) is 8.74. The molecule has 0 radical (unpaired) electrons. The molecule has 2 heterocycles. The number of fused-ring (bicyclic) bond motifs is 1. The lowest BCUT2D eigenvalue weighted by Gasteiger charge is -2.03. The van der Waals surface area contributed by atoms with Crippen molar-refractivity contribution in [3.8, 4) is 0 Å². The molecule has 0 nitrogen and oxygen atoms in total. The Morgan fingerprint density at radius 3 is 2.61 bits per heavy atom. The summed E-state index contributed by atoms with van der Waals surface area (Å²) in [6, 6.07) is 6.28. The van der Waals surface area contributed by atoms with Gasteiger partial charge in [0.2, 0.25) is 0 Å². The minimum Gasteiger partial charge on any atom is -0.143 e. The number of aryl methyl sites for hydroxylation is 2. The Morgan fingerprint density at radius 1 is 1.00 bits per heavy atom. The quantitative estimate of drug-likeness (QED) is 0.466. The molecule has 0 bridgehead atoms. The second-order valence-electron chi connectivity index (χ2n) is 4.66. The van der Waals surface area contributed by atoms with E-state index in [2.05, 4.69) is 6.07 Å². The van der Waals surface area contributed by atoms with Gasteiger partial charge in [0.1, 0.15) is 5.38 Å². The monoisotopic (exact) mass is 316 g/mol. The zero-order valence-electron chi connectivity index (χ0n) is 9.92. The minimum atomic E-state index is -0.0283. The summed E-state index contributed by atoms with van der Waals surface area (Å²) in [5.41, 5.74) is 1.53. The molecule has 18 heavy (non-hydrogen) atoms. The summed E-state index contributed by atoms with van der Waals surface area (Å²) in [4.78, 5) is 3.98. The largest absolute Gasteiger partial charge is 0.143 e. The summed E-state index contributed by atoms with van der Waals surface area (Å²) in [5, 5.41) is -0.0283. The Hall–Kier alpha value is -0.0200. The fraction of sp³-hybridized carbons (Fsp3) is 0.429. The van der Waals surface area contributed by atoms with Crippen LogP contribution in [0.1, 0.15) is 44.8 Å². The maximum absolute atomic E-state index is 6.57. The molecule has 0 saturated heterocycles. The van der Waals surface area contributed by atoms with Gasteiger partial charge in [0.25, 0.3) is 0 Å². The van der Waals surface area contributed by atoms with Crippen molar-refractivity contribution < 1.29 is 0 Å². The second kappa shape index (κ2) is 5.54. The molecule has 2 aromatic rings. The van der Waals surface area contributed by atoms with Crippen molar-refractivity contribution in [2.75, 3.05) is 0 Å². The van der Waals surface area contributed by atoms with Crippen LogP contribution in [0.2, 0.25) is 4.34 Å². The van der Waals surface area contributed by atoms with Crippen molar-refractivity contribution in [1.82, 2.24) is 0 Å². The first-order valence-electron chi connectivity index (χ1n) is 6.25. The van der Waals surface area contributed by atoms with Crippen LogP contribution >= 0.6 is 45.9 Å². The van der Waals surface area contributed by atoms with Gasteiger partial charge in [-0.1, -0.05) is 18.0 Å². The van der Waals surface area contributed by atoms with E-state index < -0.39 is 0 Å². The van der Waals surface area contributed by atoms with Crippen LogP contribution < -0.4 is 0 Å². The molecule has 0 N–H and O–H groups in total. The SMILES string of the molecule is Clc1ccc(C(Cl)c2cc3c(s2)CCCCC3)s1. The van der Waals surface area contributed by atoms with E-state index in [1.54, 1.807) is 16.2 Å². The van der Waals surface area contributed by atoms with Crippen molar-refractivity contribution in [1.29, 1.82) is 0 Å². The number of rotatable bonds is 2. The highest BCUT2D eigenvalue weighted by Crippen LogP contribution is 2.41. The molecule has 1 atom stereocenters. The Labute approximate surface area is 126 Å². The molecule has 0 saturated carbocycles. The average Bonchev–Trinajstić information content (AvgIpc) is 2.90. The van der Waals surface area contributed by atoms with Crippen molar-refractivity contribution >= 4 is 45.9 Å². The van der Waals surface area contributed by atoms with E-state index in [4.69, 9.17) is 23.2 Å². The predicted molar refractivity (Wildman–Crippen MR) is 82.6 cm³/mol. The molecular formula is C14H14Cl2S2. The zero-order chi connectivity index (χ0) is 12.5. The van der Waals surface area contributed by atoms with Gasteiger partial charge < -0.3 is 0 Å². The van der Waals surface area contributed by atoms with Crippen LogP contribution in [0.3, 0.4) is 0 Å². The first-order valence-corrected chi connectivity index (χ1v) is 8.69. The molecule has 0 aromatic carbocycles. The van der Waals surface area contributed by atoms with Gasteiger partial charge >= 0.3 is 0 Å². The molecule has 0 aliphatic heterocycles. The van der Waals surface area contributed by atoms with Gasteiger partial charge in [-0.3, -0.25) is 0 Å². The van der Waals surface area contributed by atoms with Crippen LogP contribution in [0, 0.1) is 0 Å². The highest BCUT2D eigenvalue weighted by atomic mass is 35.5. The third-order valence-corrected chi connectivity index (χ3v) is 6.69. The van der Waals surface area contributed by atoms with Gasteiger partial charge in [0, 0.05) is 14.6 Å². The lowest BCUT2D eigenvalue weighted by Crippen LogP contribution is -1.85. The Balaban J connectivity index is 1.88. The van der Waals surface area contributed by atoms with Gasteiger partial charge in [0.15, 0.2) is 0 Å². The molecule has 0 spiro atoms. The van der Waals surface area contributed by atoms with Gasteiger partial charge in [0.05, 0.1) is 4.34 Å². The molecule has 0 fully saturated rings. The normalized spacial score (nSPS) is 17.2. The fourth-order valence-corrected chi connectivity index (χ4v) is 5.21. The first kappa shape index (κ1) is 13.0. The van der Waals surface area contributed by atoms with Gasteiger partial charge in [-0.25, -0.2) is 0 Å². The van der Waals surface area contributed by atoms with Crippen LogP contribution in [0.4, 0.5) is 0 Å². The van der Waals surface area contributed by atoms with Crippen LogP contribution in [0.15, 0.2) is 18.2 Å². The van der Waals surface area contributed by atoms with Crippen molar-refractivity contribution in [2.45, 2.75) is 37.5 Å². The predicted octanol–water partition coefficient (Wildman–Crippen LogP) is 6.06.